The molecule has 0 radical (unpaired) electrons. The number of carbonyl (C=O) groups excluding carboxylic acids is 1. The predicted octanol–water partition coefficient (Wildman–Crippen LogP) is 1.90. The Morgan fingerprint density at radius 1 is 1.44 bits per heavy atom. The molecule has 0 saturated carbocycles. The molecule has 88 valence electrons. The van der Waals surface area contributed by atoms with Crippen molar-refractivity contribution in [3.05, 3.63) is 29.8 Å². The number of hydrogen-bond donors (Lipinski definition) is 2. The third kappa shape index (κ3) is 3.18. The number of nitrogens with one attached hydrogen (secondary N) is 2. The SMILES string of the molecule is CCNC(=O)C(C)Nc1ccc(F)cc1F. The van der Waals surface area contributed by atoms with Gasteiger partial charge in [-0.3, -0.25) is 4.79 Å². The summed E-state index contributed by atoms with van der Waals surface area (Å²) in [7, 11) is 0. The average molecular weight is 228 g/mol. The van der Waals surface area contributed by atoms with E-state index in [1.54, 1.807) is 13.8 Å². The van der Waals surface area contributed by atoms with Gasteiger partial charge in [-0.25, -0.2) is 8.78 Å². The van der Waals surface area contributed by atoms with Crippen molar-refractivity contribution in [1.29, 1.82) is 0 Å². The summed E-state index contributed by atoms with van der Waals surface area (Å²) in [5.41, 5.74) is 0.111. The normalized spacial score (nSPS) is 12.0. The molecule has 0 heterocycles. The second-order valence-corrected chi connectivity index (χ2v) is 3.38. The molecule has 16 heavy (non-hydrogen) atoms. The Balaban J connectivity index is 2.69. The first-order valence-electron chi connectivity index (χ1n) is 5.04. The van der Waals surface area contributed by atoms with E-state index in [1.807, 2.05) is 0 Å². The molecule has 1 aromatic rings. The van der Waals surface area contributed by atoms with Gasteiger partial charge < -0.3 is 10.6 Å². The van der Waals surface area contributed by atoms with Crippen molar-refractivity contribution in [1.82, 2.24) is 5.32 Å². The summed E-state index contributed by atoms with van der Waals surface area (Å²) in [6, 6.07) is 2.60. The van der Waals surface area contributed by atoms with Gasteiger partial charge in [-0.15, -0.1) is 0 Å². The summed E-state index contributed by atoms with van der Waals surface area (Å²) in [4.78, 5) is 11.4. The number of carbonyl (C=O) groups is 1. The third-order valence-corrected chi connectivity index (χ3v) is 2.05. The van der Waals surface area contributed by atoms with Crippen LogP contribution in [0.4, 0.5) is 14.5 Å². The van der Waals surface area contributed by atoms with Crippen molar-refractivity contribution in [2.45, 2.75) is 19.9 Å². The van der Waals surface area contributed by atoms with Crippen LogP contribution in [0.15, 0.2) is 18.2 Å². The molecule has 1 atom stereocenters. The monoisotopic (exact) mass is 228 g/mol. The molecule has 0 saturated heterocycles. The number of halogens is 2. The van der Waals surface area contributed by atoms with E-state index in [0.717, 1.165) is 12.1 Å². The molecule has 1 aromatic carbocycles. The van der Waals surface area contributed by atoms with Crippen molar-refractivity contribution >= 4 is 11.6 Å². The topological polar surface area (TPSA) is 41.1 Å². The van der Waals surface area contributed by atoms with E-state index in [9.17, 15) is 13.6 Å². The van der Waals surface area contributed by atoms with Crippen molar-refractivity contribution in [3.63, 3.8) is 0 Å². The lowest BCUT2D eigenvalue weighted by Gasteiger charge is -2.14. The van der Waals surface area contributed by atoms with Crippen LogP contribution in [0.3, 0.4) is 0 Å². The molecule has 0 aromatic heterocycles. The predicted molar refractivity (Wildman–Crippen MR) is 58.1 cm³/mol. The van der Waals surface area contributed by atoms with E-state index >= 15 is 0 Å². The van der Waals surface area contributed by atoms with Crippen LogP contribution in [-0.2, 0) is 4.79 Å². The van der Waals surface area contributed by atoms with Crippen LogP contribution in [0.2, 0.25) is 0 Å². The molecule has 0 aliphatic heterocycles. The summed E-state index contributed by atoms with van der Waals surface area (Å²) >= 11 is 0. The smallest absolute Gasteiger partial charge is 0.242 e. The summed E-state index contributed by atoms with van der Waals surface area (Å²) in [6.45, 7) is 3.91. The highest BCUT2D eigenvalue weighted by atomic mass is 19.1. The number of benzene rings is 1. The quantitative estimate of drug-likeness (QED) is 0.826. The molecule has 0 aliphatic carbocycles. The van der Waals surface area contributed by atoms with Crippen molar-refractivity contribution in [3.8, 4) is 0 Å². The first kappa shape index (κ1) is 12.4. The van der Waals surface area contributed by atoms with Crippen LogP contribution in [0, 0.1) is 11.6 Å². The maximum absolute atomic E-state index is 13.2. The van der Waals surface area contributed by atoms with Gasteiger partial charge in [0.2, 0.25) is 5.91 Å². The lowest BCUT2D eigenvalue weighted by atomic mass is 10.2. The van der Waals surface area contributed by atoms with Crippen LogP contribution < -0.4 is 10.6 Å². The van der Waals surface area contributed by atoms with Crippen LogP contribution in [0.25, 0.3) is 0 Å². The maximum atomic E-state index is 13.2. The highest BCUT2D eigenvalue weighted by Gasteiger charge is 2.13. The summed E-state index contributed by atoms with van der Waals surface area (Å²) in [5, 5.41) is 5.27. The summed E-state index contributed by atoms with van der Waals surface area (Å²) in [6.07, 6.45) is 0. The van der Waals surface area contributed by atoms with Gasteiger partial charge in [0.15, 0.2) is 0 Å². The van der Waals surface area contributed by atoms with E-state index in [4.69, 9.17) is 0 Å². The van der Waals surface area contributed by atoms with Crippen molar-refractivity contribution < 1.29 is 13.6 Å². The zero-order valence-electron chi connectivity index (χ0n) is 9.18. The van der Waals surface area contributed by atoms with Gasteiger partial charge in [0.1, 0.15) is 17.7 Å². The average Bonchev–Trinajstić information content (AvgIpc) is 2.22. The number of likely N-dealkylation sites (N-methyl/N-ethyl adjacent to an activating group) is 1. The molecular formula is C11H14F2N2O. The fourth-order valence-electron chi connectivity index (χ4n) is 1.23. The van der Waals surface area contributed by atoms with Crippen LogP contribution in [0.1, 0.15) is 13.8 Å². The van der Waals surface area contributed by atoms with Gasteiger partial charge in [-0.05, 0) is 26.0 Å². The third-order valence-electron chi connectivity index (χ3n) is 2.05. The Hall–Kier alpha value is -1.65. The van der Waals surface area contributed by atoms with Gasteiger partial charge in [0, 0.05) is 12.6 Å². The van der Waals surface area contributed by atoms with Gasteiger partial charge in [-0.1, -0.05) is 0 Å². The Morgan fingerprint density at radius 2 is 2.12 bits per heavy atom. The Bertz CT molecular complexity index is 382. The van der Waals surface area contributed by atoms with Crippen LogP contribution in [-0.4, -0.2) is 18.5 Å². The Kier molecular flexibility index (Phi) is 4.22. The first-order valence-corrected chi connectivity index (χ1v) is 5.04. The molecule has 1 unspecified atom stereocenters. The highest BCUT2D eigenvalue weighted by molar-refractivity contribution is 5.84. The second kappa shape index (κ2) is 5.44. The lowest BCUT2D eigenvalue weighted by molar-refractivity contribution is -0.121. The molecule has 1 rings (SSSR count). The number of rotatable bonds is 4. The molecule has 3 nitrogen and oxygen atoms in total. The summed E-state index contributed by atoms with van der Waals surface area (Å²) in [5.74, 6) is -1.59. The van der Waals surface area contributed by atoms with Gasteiger partial charge >= 0.3 is 0 Å². The zero-order chi connectivity index (χ0) is 12.1. The number of hydrogen-bond acceptors (Lipinski definition) is 2. The van der Waals surface area contributed by atoms with E-state index in [1.165, 1.54) is 6.07 Å². The molecule has 0 fully saturated rings. The molecular weight excluding hydrogens is 214 g/mol. The van der Waals surface area contributed by atoms with E-state index in [2.05, 4.69) is 10.6 Å². The first-order chi connectivity index (χ1) is 7.54. The molecule has 0 aliphatic rings. The number of anilines is 1. The standard InChI is InChI=1S/C11H14F2N2O/c1-3-14-11(16)7(2)15-10-5-4-8(12)6-9(10)13/h4-7,15H,3H2,1-2H3,(H,14,16). The second-order valence-electron chi connectivity index (χ2n) is 3.38. The molecule has 1 amide bonds. The molecule has 2 N–H and O–H groups in total. The minimum Gasteiger partial charge on any atom is -0.372 e. The number of amides is 1. The maximum Gasteiger partial charge on any atom is 0.242 e. The molecule has 5 heteroatoms. The van der Waals surface area contributed by atoms with Gasteiger partial charge in [-0.2, -0.15) is 0 Å². The summed E-state index contributed by atoms with van der Waals surface area (Å²) < 4.78 is 25.8. The van der Waals surface area contributed by atoms with Crippen LogP contribution >= 0.6 is 0 Å². The van der Waals surface area contributed by atoms with E-state index in [0.29, 0.717) is 6.54 Å². The highest BCUT2D eigenvalue weighted by Crippen LogP contribution is 2.15. The largest absolute Gasteiger partial charge is 0.372 e. The van der Waals surface area contributed by atoms with Crippen LogP contribution in [0.5, 0.6) is 0 Å². The van der Waals surface area contributed by atoms with Gasteiger partial charge in [0.25, 0.3) is 0 Å². The Labute approximate surface area is 92.8 Å². The Morgan fingerprint density at radius 3 is 2.69 bits per heavy atom. The fourth-order valence-corrected chi connectivity index (χ4v) is 1.23. The van der Waals surface area contributed by atoms with Crippen molar-refractivity contribution in [2.24, 2.45) is 0 Å². The fraction of sp³-hybridized carbons (Fsp3) is 0.364. The lowest BCUT2D eigenvalue weighted by Crippen LogP contribution is -2.37. The van der Waals surface area contributed by atoms with E-state index in [-0.39, 0.29) is 11.6 Å². The zero-order valence-corrected chi connectivity index (χ0v) is 9.18. The molecule has 0 bridgehead atoms. The van der Waals surface area contributed by atoms with Crippen molar-refractivity contribution in [2.75, 3.05) is 11.9 Å². The minimum absolute atomic E-state index is 0.111. The van der Waals surface area contributed by atoms with Gasteiger partial charge in [0.05, 0.1) is 5.69 Å². The van der Waals surface area contributed by atoms with E-state index < -0.39 is 17.7 Å². The minimum atomic E-state index is -0.712. The molecule has 0 spiro atoms.